The molecule has 4 atom stereocenters. The van der Waals surface area contributed by atoms with Crippen molar-refractivity contribution in [2.45, 2.75) is 58.0 Å². The Kier molecular flexibility index (Phi) is 5.85. The summed E-state index contributed by atoms with van der Waals surface area (Å²) in [5.41, 5.74) is 0. The number of nitrogens with one attached hydrogen (secondary N) is 1. The van der Waals surface area contributed by atoms with Gasteiger partial charge in [-0.3, -0.25) is 9.69 Å². The third-order valence-corrected chi connectivity index (χ3v) is 5.11. The van der Waals surface area contributed by atoms with E-state index in [2.05, 4.69) is 24.2 Å². The lowest BCUT2D eigenvalue weighted by atomic mass is 9.77. The van der Waals surface area contributed by atoms with E-state index >= 15 is 0 Å². The number of likely N-dealkylation sites (N-methyl/N-ethyl adjacent to an activating group) is 1. The minimum absolute atomic E-state index is 0.0187. The maximum Gasteiger partial charge on any atom is 0.309 e. The number of esters is 1. The van der Waals surface area contributed by atoms with Crippen molar-refractivity contribution >= 4 is 5.97 Å². The van der Waals surface area contributed by atoms with Crippen LogP contribution in [0, 0.1) is 11.8 Å². The quantitative estimate of drug-likeness (QED) is 0.801. The second-order valence-electron chi connectivity index (χ2n) is 6.43. The van der Waals surface area contributed by atoms with Crippen molar-refractivity contribution in [3.8, 4) is 0 Å². The van der Waals surface area contributed by atoms with Crippen molar-refractivity contribution in [3.05, 3.63) is 0 Å². The Morgan fingerprint density at radius 3 is 2.80 bits per heavy atom. The molecule has 1 aliphatic heterocycles. The fourth-order valence-electron chi connectivity index (χ4n) is 3.87. The summed E-state index contributed by atoms with van der Waals surface area (Å²) in [5.74, 6) is 0.587. The van der Waals surface area contributed by atoms with Crippen LogP contribution in [0.15, 0.2) is 0 Å². The normalized spacial score (nSPS) is 35.8. The molecule has 0 amide bonds. The number of nitrogens with zero attached hydrogens (tertiary/aromatic N) is 1. The third-order valence-electron chi connectivity index (χ3n) is 5.11. The van der Waals surface area contributed by atoms with Crippen molar-refractivity contribution < 1.29 is 9.53 Å². The monoisotopic (exact) mass is 282 g/mol. The van der Waals surface area contributed by atoms with E-state index in [1.807, 2.05) is 6.92 Å². The first kappa shape index (κ1) is 15.8. The summed E-state index contributed by atoms with van der Waals surface area (Å²) in [6.45, 7) is 6.99. The molecule has 2 rings (SSSR count). The number of likely N-dealkylation sites (tertiary alicyclic amines) is 1. The van der Waals surface area contributed by atoms with E-state index in [9.17, 15) is 4.79 Å². The summed E-state index contributed by atoms with van der Waals surface area (Å²) in [6, 6.07) is 1.30. The summed E-state index contributed by atoms with van der Waals surface area (Å²) in [4.78, 5) is 14.6. The molecule has 0 aromatic heterocycles. The molecular weight excluding hydrogens is 252 g/mol. The van der Waals surface area contributed by atoms with Gasteiger partial charge < -0.3 is 10.1 Å². The molecule has 1 aliphatic carbocycles. The molecule has 2 fully saturated rings. The smallest absolute Gasteiger partial charge is 0.309 e. The van der Waals surface area contributed by atoms with Gasteiger partial charge in [0.15, 0.2) is 0 Å². The fourth-order valence-corrected chi connectivity index (χ4v) is 3.87. The zero-order chi connectivity index (χ0) is 14.5. The number of hydrogen-bond acceptors (Lipinski definition) is 4. The second-order valence-corrected chi connectivity index (χ2v) is 6.43. The van der Waals surface area contributed by atoms with Crippen molar-refractivity contribution in [2.75, 3.05) is 26.7 Å². The minimum atomic E-state index is 0.0187. The lowest BCUT2D eigenvalue weighted by molar-refractivity contribution is -0.151. The molecule has 20 heavy (non-hydrogen) atoms. The first-order valence-electron chi connectivity index (χ1n) is 8.23. The fraction of sp³-hybridized carbons (Fsp3) is 0.938. The SMILES string of the molecule is CCOC(=O)[C@@H]1CC[C@H](N2CCC[C@H](NC)C2)C[C@H]1C. The highest BCUT2D eigenvalue weighted by Gasteiger charge is 2.36. The molecule has 4 heteroatoms. The highest BCUT2D eigenvalue weighted by molar-refractivity contribution is 5.72. The Labute approximate surface area is 123 Å². The van der Waals surface area contributed by atoms with Gasteiger partial charge in [-0.1, -0.05) is 6.92 Å². The molecule has 0 aromatic carbocycles. The number of rotatable bonds is 4. The molecule has 4 nitrogen and oxygen atoms in total. The Morgan fingerprint density at radius 1 is 1.35 bits per heavy atom. The number of carbonyl (C=O) groups is 1. The second kappa shape index (κ2) is 7.41. The summed E-state index contributed by atoms with van der Waals surface area (Å²) in [7, 11) is 2.06. The summed E-state index contributed by atoms with van der Waals surface area (Å²) in [5, 5.41) is 3.41. The molecule has 116 valence electrons. The Balaban J connectivity index is 1.86. The van der Waals surface area contributed by atoms with Crippen LogP contribution in [0.1, 0.15) is 46.0 Å². The van der Waals surface area contributed by atoms with Gasteiger partial charge in [0.1, 0.15) is 0 Å². The largest absolute Gasteiger partial charge is 0.466 e. The van der Waals surface area contributed by atoms with Gasteiger partial charge in [0.05, 0.1) is 12.5 Å². The topological polar surface area (TPSA) is 41.6 Å². The molecule has 1 saturated carbocycles. The lowest BCUT2D eigenvalue weighted by Crippen LogP contribution is -2.51. The molecule has 0 bridgehead atoms. The Morgan fingerprint density at radius 2 is 2.15 bits per heavy atom. The molecule has 0 radical (unpaired) electrons. The lowest BCUT2D eigenvalue weighted by Gasteiger charge is -2.43. The van der Waals surface area contributed by atoms with Crippen LogP contribution in [0.25, 0.3) is 0 Å². The predicted octanol–water partition coefficient (Wildman–Crippen LogP) is 2.04. The maximum atomic E-state index is 11.9. The van der Waals surface area contributed by atoms with Crippen LogP contribution in [-0.2, 0) is 9.53 Å². The standard InChI is InChI=1S/C16H30N2O2/c1-4-20-16(19)15-8-7-14(10-12(15)2)18-9-5-6-13(11-18)17-3/h12-15,17H,4-11H2,1-3H3/t12-,13+,14+,15-/m1/s1. The number of carbonyl (C=O) groups excluding carboxylic acids is 1. The van der Waals surface area contributed by atoms with Gasteiger partial charge in [0.2, 0.25) is 0 Å². The van der Waals surface area contributed by atoms with Crippen molar-refractivity contribution in [1.82, 2.24) is 10.2 Å². The average molecular weight is 282 g/mol. The predicted molar refractivity (Wildman–Crippen MR) is 80.6 cm³/mol. The van der Waals surface area contributed by atoms with Gasteiger partial charge in [-0.2, -0.15) is 0 Å². The van der Waals surface area contributed by atoms with E-state index in [1.54, 1.807) is 0 Å². The van der Waals surface area contributed by atoms with Gasteiger partial charge in [0, 0.05) is 18.6 Å². The molecule has 1 N–H and O–H groups in total. The van der Waals surface area contributed by atoms with E-state index in [4.69, 9.17) is 4.74 Å². The molecule has 0 aromatic rings. The van der Waals surface area contributed by atoms with Crippen LogP contribution in [-0.4, -0.2) is 49.7 Å². The van der Waals surface area contributed by atoms with Gasteiger partial charge in [-0.15, -0.1) is 0 Å². The number of piperidine rings is 1. The molecule has 0 spiro atoms. The van der Waals surface area contributed by atoms with Crippen LogP contribution in [0.3, 0.4) is 0 Å². The van der Waals surface area contributed by atoms with Crippen LogP contribution in [0.2, 0.25) is 0 Å². The average Bonchev–Trinajstić information content (AvgIpc) is 2.47. The van der Waals surface area contributed by atoms with Crippen molar-refractivity contribution in [3.63, 3.8) is 0 Å². The van der Waals surface area contributed by atoms with Crippen molar-refractivity contribution in [2.24, 2.45) is 11.8 Å². The third kappa shape index (κ3) is 3.73. The summed E-state index contributed by atoms with van der Waals surface area (Å²) in [6.07, 6.45) is 5.86. The van der Waals surface area contributed by atoms with Gasteiger partial charge in [0.25, 0.3) is 0 Å². The summed E-state index contributed by atoms with van der Waals surface area (Å²) >= 11 is 0. The van der Waals surface area contributed by atoms with Crippen LogP contribution in [0.4, 0.5) is 0 Å². The Bertz CT molecular complexity index is 322. The van der Waals surface area contributed by atoms with Crippen LogP contribution >= 0.6 is 0 Å². The van der Waals surface area contributed by atoms with Gasteiger partial charge in [-0.05, 0) is 58.5 Å². The zero-order valence-corrected chi connectivity index (χ0v) is 13.2. The van der Waals surface area contributed by atoms with E-state index < -0.39 is 0 Å². The number of ether oxygens (including phenoxy) is 1. The van der Waals surface area contributed by atoms with Crippen molar-refractivity contribution in [1.29, 1.82) is 0 Å². The summed E-state index contributed by atoms with van der Waals surface area (Å²) < 4.78 is 5.20. The maximum absolute atomic E-state index is 11.9. The molecular formula is C16H30N2O2. The first-order chi connectivity index (χ1) is 9.65. The molecule has 2 aliphatic rings. The van der Waals surface area contributed by atoms with E-state index in [0.29, 0.717) is 24.6 Å². The van der Waals surface area contributed by atoms with Crippen LogP contribution < -0.4 is 5.32 Å². The zero-order valence-electron chi connectivity index (χ0n) is 13.2. The van der Waals surface area contributed by atoms with E-state index in [-0.39, 0.29) is 11.9 Å². The van der Waals surface area contributed by atoms with E-state index in [1.165, 1.54) is 19.4 Å². The van der Waals surface area contributed by atoms with E-state index in [0.717, 1.165) is 25.8 Å². The highest BCUT2D eigenvalue weighted by Crippen LogP contribution is 2.34. The molecule has 1 heterocycles. The Hall–Kier alpha value is -0.610. The van der Waals surface area contributed by atoms with Gasteiger partial charge in [-0.25, -0.2) is 0 Å². The highest BCUT2D eigenvalue weighted by atomic mass is 16.5. The molecule has 1 saturated heterocycles. The van der Waals surface area contributed by atoms with Gasteiger partial charge >= 0.3 is 5.97 Å². The minimum Gasteiger partial charge on any atom is -0.466 e. The first-order valence-corrected chi connectivity index (χ1v) is 8.23. The number of hydrogen-bond donors (Lipinski definition) is 1. The molecule has 0 unspecified atom stereocenters. The van der Waals surface area contributed by atoms with Crippen LogP contribution in [0.5, 0.6) is 0 Å².